The number of carbonyl (C=O) groups is 1. The Hall–Kier alpha value is -1.19. The molecule has 0 fully saturated rings. The van der Waals surface area contributed by atoms with Gasteiger partial charge in [-0.05, 0) is 27.7 Å². The van der Waals surface area contributed by atoms with Crippen molar-refractivity contribution in [3.63, 3.8) is 0 Å². The average molecular weight is 185 g/mol. The van der Waals surface area contributed by atoms with E-state index in [1.165, 1.54) is 13.8 Å². The Bertz CT molecular complexity index is 312. The van der Waals surface area contributed by atoms with E-state index in [9.17, 15) is 9.18 Å². The van der Waals surface area contributed by atoms with E-state index >= 15 is 0 Å². The van der Waals surface area contributed by atoms with E-state index in [0.717, 1.165) is 0 Å². The summed E-state index contributed by atoms with van der Waals surface area (Å²) in [6, 6.07) is 0. The van der Waals surface area contributed by atoms with Crippen LogP contribution in [0.5, 0.6) is 0 Å². The highest BCUT2D eigenvalue weighted by atomic mass is 19.1. The maximum absolute atomic E-state index is 12.7. The van der Waals surface area contributed by atoms with Crippen molar-refractivity contribution >= 4 is 11.9 Å². The van der Waals surface area contributed by atoms with Crippen molar-refractivity contribution in [3.8, 4) is 0 Å². The predicted octanol–water partition coefficient (Wildman–Crippen LogP) is 1.98. The molecule has 4 heteroatoms. The number of halogens is 1. The summed E-state index contributed by atoms with van der Waals surface area (Å²) in [5.41, 5.74) is -0.606. The van der Waals surface area contributed by atoms with Gasteiger partial charge in [-0.1, -0.05) is 0 Å². The Balaban J connectivity index is 3.02. The molecule has 0 spiro atoms. The van der Waals surface area contributed by atoms with E-state index in [0.29, 0.717) is 0 Å². The lowest BCUT2D eigenvalue weighted by molar-refractivity contribution is -0.137. The van der Waals surface area contributed by atoms with Gasteiger partial charge in [0, 0.05) is 5.57 Å². The van der Waals surface area contributed by atoms with Crippen LogP contribution in [0.4, 0.5) is 4.39 Å². The lowest BCUT2D eigenvalue weighted by Gasteiger charge is -2.05. The Labute approximate surface area is 76.3 Å². The number of nitrogens with zero attached hydrogens (tertiary/aromatic N) is 1. The first-order valence-electron chi connectivity index (χ1n) is 4.00. The summed E-state index contributed by atoms with van der Waals surface area (Å²) in [5.74, 6) is -0.734. The Morgan fingerprint density at radius 3 is 2.31 bits per heavy atom. The Morgan fingerprint density at radius 1 is 1.46 bits per heavy atom. The number of ether oxygens (including phenoxy) is 1. The molecule has 0 saturated heterocycles. The van der Waals surface area contributed by atoms with Crippen LogP contribution in [0.3, 0.4) is 0 Å². The molecule has 0 saturated carbocycles. The van der Waals surface area contributed by atoms with Gasteiger partial charge in [0.15, 0.2) is 5.54 Å². The molecule has 1 rings (SSSR count). The third-order valence-electron chi connectivity index (χ3n) is 1.91. The third-order valence-corrected chi connectivity index (χ3v) is 1.91. The Morgan fingerprint density at radius 2 is 2.00 bits per heavy atom. The van der Waals surface area contributed by atoms with Crippen LogP contribution in [0.15, 0.2) is 16.4 Å². The van der Waals surface area contributed by atoms with Crippen LogP contribution >= 0.6 is 0 Å². The number of aliphatic imine (C=N–C) groups is 1. The highest BCUT2D eigenvalue weighted by Gasteiger charge is 2.37. The van der Waals surface area contributed by atoms with E-state index in [-0.39, 0.29) is 17.3 Å². The summed E-state index contributed by atoms with van der Waals surface area (Å²) in [6.07, 6.45) is 0. The van der Waals surface area contributed by atoms with Crippen LogP contribution in [0.2, 0.25) is 0 Å². The summed E-state index contributed by atoms with van der Waals surface area (Å²) >= 11 is 0. The molecule has 0 radical (unpaired) electrons. The van der Waals surface area contributed by atoms with Gasteiger partial charge < -0.3 is 4.74 Å². The zero-order chi connectivity index (χ0) is 10.2. The summed E-state index contributed by atoms with van der Waals surface area (Å²) in [7, 11) is 0. The highest BCUT2D eigenvalue weighted by molar-refractivity contribution is 6.07. The molecule has 0 bridgehead atoms. The minimum Gasteiger partial charge on any atom is -0.406 e. The first kappa shape index (κ1) is 9.89. The molecule has 1 aliphatic heterocycles. The van der Waals surface area contributed by atoms with Crippen molar-refractivity contribution in [3.05, 3.63) is 11.4 Å². The number of cyclic esters (lactones) is 1. The summed E-state index contributed by atoms with van der Waals surface area (Å²) in [4.78, 5) is 15.1. The van der Waals surface area contributed by atoms with Gasteiger partial charge in [0.2, 0.25) is 5.90 Å². The summed E-state index contributed by atoms with van der Waals surface area (Å²) < 4.78 is 17.5. The fourth-order valence-corrected chi connectivity index (χ4v) is 0.843. The van der Waals surface area contributed by atoms with Crippen molar-refractivity contribution < 1.29 is 13.9 Å². The van der Waals surface area contributed by atoms with Gasteiger partial charge in [-0.25, -0.2) is 14.2 Å². The predicted molar refractivity (Wildman–Crippen MR) is 47.1 cm³/mol. The molecular formula is C9H12FNO2. The van der Waals surface area contributed by atoms with E-state index in [1.807, 2.05) is 0 Å². The van der Waals surface area contributed by atoms with Crippen molar-refractivity contribution in [2.75, 3.05) is 0 Å². The monoisotopic (exact) mass is 185 g/mol. The average Bonchev–Trinajstić information content (AvgIpc) is 2.25. The second-order valence-corrected chi connectivity index (χ2v) is 3.52. The van der Waals surface area contributed by atoms with Crippen molar-refractivity contribution in [2.45, 2.75) is 33.2 Å². The van der Waals surface area contributed by atoms with Crippen molar-refractivity contribution in [2.24, 2.45) is 4.99 Å². The van der Waals surface area contributed by atoms with Gasteiger partial charge in [-0.3, -0.25) is 0 Å². The van der Waals surface area contributed by atoms with Crippen LogP contribution in [-0.4, -0.2) is 17.4 Å². The summed E-state index contributed by atoms with van der Waals surface area (Å²) in [6.45, 7) is 6.09. The molecule has 0 amide bonds. The van der Waals surface area contributed by atoms with Gasteiger partial charge in [0.05, 0.1) is 0 Å². The summed E-state index contributed by atoms with van der Waals surface area (Å²) in [5, 5.41) is 0. The first-order chi connectivity index (χ1) is 5.84. The van der Waals surface area contributed by atoms with E-state index in [1.54, 1.807) is 13.8 Å². The standard InChI is InChI=1S/C9H12FNO2/c1-5(6(2)10)7-11-9(3,4)8(12)13-7/h1-4H3. The SMILES string of the molecule is CC(F)=C(C)C1=NC(C)(C)C(=O)O1. The fraction of sp³-hybridized carbons (Fsp3) is 0.556. The van der Waals surface area contributed by atoms with Crippen LogP contribution in [0.1, 0.15) is 27.7 Å². The molecule has 72 valence electrons. The molecular weight excluding hydrogens is 173 g/mol. The molecule has 0 aliphatic carbocycles. The number of allylic oxidation sites excluding steroid dienone is 1. The quantitative estimate of drug-likeness (QED) is 0.586. The minimum atomic E-state index is -0.883. The Kier molecular flexibility index (Phi) is 2.24. The van der Waals surface area contributed by atoms with Gasteiger partial charge in [-0.15, -0.1) is 0 Å². The van der Waals surface area contributed by atoms with Gasteiger partial charge >= 0.3 is 5.97 Å². The first-order valence-corrected chi connectivity index (χ1v) is 4.00. The largest absolute Gasteiger partial charge is 0.406 e. The highest BCUT2D eigenvalue weighted by Crippen LogP contribution is 2.23. The number of rotatable bonds is 1. The van der Waals surface area contributed by atoms with Crippen LogP contribution in [-0.2, 0) is 9.53 Å². The smallest absolute Gasteiger partial charge is 0.340 e. The molecule has 0 aromatic heterocycles. The topological polar surface area (TPSA) is 38.7 Å². The van der Waals surface area contributed by atoms with Crippen LogP contribution in [0, 0.1) is 0 Å². The third kappa shape index (κ3) is 1.76. The van der Waals surface area contributed by atoms with Crippen molar-refractivity contribution in [1.82, 2.24) is 0 Å². The molecule has 1 aliphatic rings. The molecule has 0 aromatic rings. The molecule has 0 aromatic carbocycles. The second-order valence-electron chi connectivity index (χ2n) is 3.52. The van der Waals surface area contributed by atoms with Gasteiger partial charge in [0.1, 0.15) is 5.83 Å². The molecule has 0 unspecified atom stereocenters. The number of hydrogen-bond acceptors (Lipinski definition) is 3. The number of hydrogen-bond donors (Lipinski definition) is 0. The van der Waals surface area contributed by atoms with Crippen LogP contribution < -0.4 is 0 Å². The number of carbonyl (C=O) groups excluding carboxylic acids is 1. The van der Waals surface area contributed by atoms with E-state index < -0.39 is 11.5 Å². The van der Waals surface area contributed by atoms with Gasteiger partial charge in [-0.2, -0.15) is 0 Å². The van der Waals surface area contributed by atoms with E-state index in [2.05, 4.69) is 4.99 Å². The molecule has 13 heavy (non-hydrogen) atoms. The zero-order valence-electron chi connectivity index (χ0n) is 8.14. The van der Waals surface area contributed by atoms with Gasteiger partial charge in [0.25, 0.3) is 0 Å². The molecule has 0 atom stereocenters. The molecule has 1 heterocycles. The second kappa shape index (κ2) is 2.94. The minimum absolute atomic E-state index is 0.0926. The number of esters is 1. The van der Waals surface area contributed by atoms with Crippen LogP contribution in [0.25, 0.3) is 0 Å². The fourth-order valence-electron chi connectivity index (χ4n) is 0.843. The zero-order valence-corrected chi connectivity index (χ0v) is 8.14. The van der Waals surface area contributed by atoms with Crippen molar-refractivity contribution in [1.29, 1.82) is 0 Å². The lowest BCUT2D eigenvalue weighted by Crippen LogP contribution is -2.25. The molecule has 3 nitrogen and oxygen atoms in total. The maximum Gasteiger partial charge on any atom is 0.340 e. The maximum atomic E-state index is 12.7. The lowest BCUT2D eigenvalue weighted by atomic mass is 10.1. The normalized spacial score (nSPS) is 22.2. The van der Waals surface area contributed by atoms with E-state index in [4.69, 9.17) is 4.74 Å². The molecule has 0 N–H and O–H groups in total.